The Morgan fingerprint density at radius 2 is 1.90 bits per heavy atom. The molecular weight excluding hydrogens is 392 g/mol. The van der Waals surface area contributed by atoms with Crippen LogP contribution in [-0.2, 0) is 16.6 Å². The Bertz CT molecular complexity index is 1090. The van der Waals surface area contributed by atoms with E-state index in [1.54, 1.807) is 36.2 Å². The number of benzene rings is 2. The molecule has 29 heavy (non-hydrogen) atoms. The first-order chi connectivity index (χ1) is 14.0. The van der Waals surface area contributed by atoms with Gasteiger partial charge in [0.15, 0.2) is 0 Å². The van der Waals surface area contributed by atoms with Crippen LogP contribution in [0, 0.1) is 6.92 Å². The van der Waals surface area contributed by atoms with E-state index in [0.717, 1.165) is 11.3 Å². The first-order valence-corrected chi connectivity index (χ1v) is 10.6. The summed E-state index contributed by atoms with van der Waals surface area (Å²) < 4.78 is 39.7. The highest BCUT2D eigenvalue weighted by molar-refractivity contribution is 7.89. The first-order valence-electron chi connectivity index (χ1n) is 9.21. The van der Waals surface area contributed by atoms with Gasteiger partial charge in [-0.3, -0.25) is 0 Å². The monoisotopic (exact) mass is 414 g/mol. The molecule has 0 amide bonds. The largest absolute Gasteiger partial charge is 0.496 e. The fourth-order valence-corrected chi connectivity index (χ4v) is 4.77. The van der Waals surface area contributed by atoms with Crippen LogP contribution in [0.3, 0.4) is 0 Å². The third-order valence-corrected chi connectivity index (χ3v) is 6.72. The summed E-state index contributed by atoms with van der Waals surface area (Å²) in [5.41, 5.74) is 1.48. The zero-order valence-corrected chi connectivity index (χ0v) is 17.0. The number of rotatable bonds is 7. The van der Waals surface area contributed by atoms with Gasteiger partial charge in [0, 0.05) is 13.1 Å². The van der Waals surface area contributed by atoms with Crippen molar-refractivity contribution in [3.05, 3.63) is 66.0 Å². The molecule has 0 atom stereocenters. The second kappa shape index (κ2) is 7.84. The number of ether oxygens (including phenoxy) is 2. The fraction of sp³-hybridized carbons (Fsp3) is 0.300. The predicted octanol–water partition coefficient (Wildman–Crippen LogP) is 2.42. The van der Waals surface area contributed by atoms with E-state index in [4.69, 9.17) is 9.47 Å². The van der Waals surface area contributed by atoms with Crippen molar-refractivity contribution in [2.75, 3.05) is 20.2 Å². The lowest BCUT2D eigenvalue weighted by molar-refractivity contribution is 0.188. The molecule has 1 aliphatic heterocycles. The van der Waals surface area contributed by atoms with Crippen LogP contribution in [0.5, 0.6) is 11.5 Å². The van der Waals surface area contributed by atoms with Crippen LogP contribution in [0.15, 0.2) is 59.6 Å². The minimum atomic E-state index is -3.54. The van der Waals surface area contributed by atoms with Crippen LogP contribution in [0.1, 0.15) is 17.3 Å². The second-order valence-corrected chi connectivity index (χ2v) is 8.84. The predicted molar refractivity (Wildman–Crippen MR) is 106 cm³/mol. The van der Waals surface area contributed by atoms with Gasteiger partial charge in [-0.05, 0) is 42.8 Å². The van der Waals surface area contributed by atoms with Gasteiger partial charge in [-0.2, -0.15) is 4.31 Å². The number of hydrogen-bond donors (Lipinski definition) is 0. The van der Waals surface area contributed by atoms with Crippen LogP contribution in [0.2, 0.25) is 0 Å². The van der Waals surface area contributed by atoms with Crippen LogP contribution < -0.4 is 9.47 Å². The van der Waals surface area contributed by atoms with Crippen LogP contribution in [0.4, 0.5) is 0 Å². The van der Waals surface area contributed by atoms with Crippen molar-refractivity contribution in [2.45, 2.75) is 24.5 Å². The summed E-state index contributed by atoms with van der Waals surface area (Å²) in [4.78, 5) is 0.268. The molecule has 1 fully saturated rings. The number of aryl methyl sites for hydroxylation is 1. The van der Waals surface area contributed by atoms with Gasteiger partial charge in [-0.1, -0.05) is 23.4 Å². The Kier molecular flexibility index (Phi) is 5.25. The first kappa shape index (κ1) is 19.4. The van der Waals surface area contributed by atoms with E-state index in [9.17, 15) is 8.42 Å². The molecule has 0 N–H and O–H groups in total. The summed E-state index contributed by atoms with van der Waals surface area (Å²) in [5.74, 6) is 1.43. The van der Waals surface area contributed by atoms with Crippen molar-refractivity contribution in [3.8, 4) is 11.5 Å². The third kappa shape index (κ3) is 3.96. The smallest absolute Gasteiger partial charge is 0.243 e. The molecule has 0 unspecified atom stereocenters. The van der Waals surface area contributed by atoms with Gasteiger partial charge < -0.3 is 9.47 Å². The molecule has 9 heteroatoms. The van der Waals surface area contributed by atoms with E-state index < -0.39 is 10.0 Å². The van der Waals surface area contributed by atoms with Crippen molar-refractivity contribution in [2.24, 2.45) is 0 Å². The molecule has 0 spiro atoms. The molecule has 1 saturated heterocycles. The van der Waals surface area contributed by atoms with Crippen molar-refractivity contribution in [3.63, 3.8) is 0 Å². The molecule has 1 aromatic heterocycles. The van der Waals surface area contributed by atoms with Crippen molar-refractivity contribution < 1.29 is 17.9 Å². The average molecular weight is 414 g/mol. The standard InChI is InChI=1S/C20H22N4O4S/c1-15-10-19(8-9-20(15)27-2)29(25,26)23-12-17(13-23)24-11-16(21-22-24)14-28-18-6-4-3-5-7-18/h3-11,17H,12-14H2,1-2H3. The molecule has 0 radical (unpaired) electrons. The summed E-state index contributed by atoms with van der Waals surface area (Å²) >= 11 is 0. The molecule has 3 aromatic rings. The van der Waals surface area contributed by atoms with Crippen LogP contribution >= 0.6 is 0 Å². The normalized spacial score (nSPS) is 15.1. The minimum Gasteiger partial charge on any atom is -0.496 e. The van der Waals surface area contributed by atoms with Gasteiger partial charge >= 0.3 is 0 Å². The van der Waals surface area contributed by atoms with E-state index in [0.29, 0.717) is 31.1 Å². The number of sulfonamides is 1. The molecule has 0 bridgehead atoms. The highest BCUT2D eigenvalue weighted by Gasteiger charge is 2.38. The third-order valence-electron chi connectivity index (χ3n) is 4.89. The lowest BCUT2D eigenvalue weighted by Crippen LogP contribution is -2.50. The maximum atomic E-state index is 12.8. The minimum absolute atomic E-state index is 0.0397. The van der Waals surface area contributed by atoms with Crippen molar-refractivity contribution in [1.82, 2.24) is 19.3 Å². The lowest BCUT2D eigenvalue weighted by Gasteiger charge is -2.37. The summed E-state index contributed by atoms with van der Waals surface area (Å²) in [6.07, 6.45) is 1.80. The van der Waals surface area contributed by atoms with E-state index in [1.165, 1.54) is 4.31 Å². The highest BCUT2D eigenvalue weighted by Crippen LogP contribution is 2.30. The molecule has 0 saturated carbocycles. The van der Waals surface area contributed by atoms with Gasteiger partial charge in [0.05, 0.1) is 24.2 Å². The SMILES string of the molecule is COc1ccc(S(=O)(=O)N2CC(n3cc(COc4ccccc4)nn3)C2)cc1C. The van der Waals surface area contributed by atoms with E-state index >= 15 is 0 Å². The lowest BCUT2D eigenvalue weighted by atomic mass is 10.2. The number of hydrogen-bond acceptors (Lipinski definition) is 6. The van der Waals surface area contributed by atoms with Gasteiger partial charge in [-0.25, -0.2) is 13.1 Å². The Morgan fingerprint density at radius 1 is 1.14 bits per heavy atom. The number of aromatic nitrogens is 3. The Morgan fingerprint density at radius 3 is 2.59 bits per heavy atom. The Hall–Kier alpha value is -2.91. The molecule has 4 rings (SSSR count). The topological polar surface area (TPSA) is 86.6 Å². The summed E-state index contributed by atoms with van der Waals surface area (Å²) in [7, 11) is -1.98. The Balaban J connectivity index is 1.37. The van der Waals surface area contributed by atoms with Crippen LogP contribution in [0.25, 0.3) is 0 Å². The maximum absolute atomic E-state index is 12.8. The summed E-state index contributed by atoms with van der Waals surface area (Å²) in [6, 6.07) is 14.3. The molecular formula is C20H22N4O4S. The van der Waals surface area contributed by atoms with Gasteiger partial charge in [-0.15, -0.1) is 5.10 Å². The van der Waals surface area contributed by atoms with Gasteiger partial charge in [0.2, 0.25) is 10.0 Å². The fourth-order valence-electron chi connectivity index (χ4n) is 3.17. The van der Waals surface area contributed by atoms with Crippen LogP contribution in [-0.4, -0.2) is 47.9 Å². The Labute approximate surface area is 169 Å². The zero-order chi connectivity index (χ0) is 20.4. The zero-order valence-electron chi connectivity index (χ0n) is 16.2. The quantitative estimate of drug-likeness (QED) is 0.590. The molecule has 8 nitrogen and oxygen atoms in total. The molecule has 2 aromatic carbocycles. The molecule has 152 valence electrons. The van der Waals surface area contributed by atoms with E-state index in [-0.39, 0.29) is 10.9 Å². The number of para-hydroxylation sites is 1. The highest BCUT2D eigenvalue weighted by atomic mass is 32.2. The molecule has 0 aliphatic carbocycles. The second-order valence-electron chi connectivity index (χ2n) is 6.90. The van der Waals surface area contributed by atoms with Gasteiger partial charge in [0.1, 0.15) is 23.8 Å². The molecule has 2 heterocycles. The van der Waals surface area contributed by atoms with E-state index in [1.807, 2.05) is 37.3 Å². The average Bonchev–Trinajstić information content (AvgIpc) is 3.14. The van der Waals surface area contributed by atoms with Crippen molar-refractivity contribution in [1.29, 1.82) is 0 Å². The number of methoxy groups -OCH3 is 1. The maximum Gasteiger partial charge on any atom is 0.243 e. The number of nitrogens with zero attached hydrogens (tertiary/aromatic N) is 4. The van der Waals surface area contributed by atoms with E-state index in [2.05, 4.69) is 10.3 Å². The summed E-state index contributed by atoms with van der Waals surface area (Å²) in [5, 5.41) is 8.24. The molecule has 1 aliphatic rings. The van der Waals surface area contributed by atoms with Crippen molar-refractivity contribution >= 4 is 10.0 Å². The summed E-state index contributed by atoms with van der Waals surface area (Å²) in [6.45, 7) is 2.85. The van der Waals surface area contributed by atoms with Gasteiger partial charge in [0.25, 0.3) is 0 Å².